The van der Waals surface area contributed by atoms with Gasteiger partial charge in [0.1, 0.15) is 5.82 Å². The highest BCUT2D eigenvalue weighted by Gasteiger charge is 2.40. The smallest absolute Gasteiger partial charge is 0.226 e. The van der Waals surface area contributed by atoms with Crippen molar-refractivity contribution in [2.45, 2.75) is 31.2 Å². The number of methoxy groups -OCH3 is 1. The number of carbonyl (C=O) groups excluding carboxylic acids is 1. The van der Waals surface area contributed by atoms with E-state index in [1.165, 1.54) is 0 Å². The van der Waals surface area contributed by atoms with Crippen LogP contribution in [-0.4, -0.2) is 60.3 Å². The summed E-state index contributed by atoms with van der Waals surface area (Å²) >= 11 is 3.47. The molecular weight excluding hydrogens is 422 g/mol. The maximum absolute atomic E-state index is 13.4. The van der Waals surface area contributed by atoms with Crippen LogP contribution in [0.5, 0.6) is 0 Å². The Balaban J connectivity index is 1.52. The summed E-state index contributed by atoms with van der Waals surface area (Å²) in [6.07, 6.45) is 4.83. The number of aromatic nitrogens is 2. The van der Waals surface area contributed by atoms with Crippen molar-refractivity contribution < 1.29 is 14.3 Å². The lowest BCUT2D eigenvalue weighted by Gasteiger charge is -2.37. The molecule has 1 amide bonds. The van der Waals surface area contributed by atoms with E-state index in [1.54, 1.807) is 7.11 Å². The van der Waals surface area contributed by atoms with Gasteiger partial charge in [0.05, 0.1) is 37.8 Å². The third kappa shape index (κ3) is 4.02. The summed E-state index contributed by atoms with van der Waals surface area (Å²) in [6, 6.07) is 8.16. The molecule has 1 aliphatic heterocycles. The molecule has 2 heterocycles. The Kier molecular flexibility index (Phi) is 6.13. The standard InChI is InChI=1S/C21H26BrN3O3/c1-27-12-16-13-28-10-9-25(16)21(26)18-4-2-3-17(18)20-23-11-19(24-20)14-5-7-15(22)8-6-14/h5-8,11,16-18H,2-4,9-10,12-13H2,1H3,(H,23,24)/t16-,17?,18?/m1/s1. The zero-order chi connectivity index (χ0) is 19.5. The molecule has 2 aromatic rings. The van der Waals surface area contributed by atoms with Gasteiger partial charge in [0, 0.05) is 30.0 Å². The fourth-order valence-electron chi connectivity index (χ4n) is 4.37. The number of imidazole rings is 1. The summed E-state index contributed by atoms with van der Waals surface area (Å²) in [6.45, 7) is 2.29. The summed E-state index contributed by atoms with van der Waals surface area (Å²) in [5, 5.41) is 0. The third-order valence-electron chi connectivity index (χ3n) is 5.80. The van der Waals surface area contributed by atoms with E-state index in [9.17, 15) is 4.79 Å². The van der Waals surface area contributed by atoms with Crippen molar-refractivity contribution in [2.75, 3.05) is 33.5 Å². The molecule has 28 heavy (non-hydrogen) atoms. The molecule has 0 spiro atoms. The van der Waals surface area contributed by atoms with E-state index in [-0.39, 0.29) is 23.8 Å². The fraction of sp³-hybridized carbons (Fsp3) is 0.524. The average Bonchev–Trinajstić information content (AvgIpc) is 3.38. The van der Waals surface area contributed by atoms with Crippen molar-refractivity contribution >= 4 is 21.8 Å². The van der Waals surface area contributed by atoms with Crippen molar-refractivity contribution in [3.05, 3.63) is 40.8 Å². The lowest BCUT2D eigenvalue weighted by molar-refractivity contribution is -0.146. The number of morpholine rings is 1. The lowest BCUT2D eigenvalue weighted by Crippen LogP contribution is -2.52. The number of H-pyrrole nitrogens is 1. The molecule has 1 aromatic heterocycles. The van der Waals surface area contributed by atoms with Crippen LogP contribution in [0.25, 0.3) is 11.3 Å². The van der Waals surface area contributed by atoms with Crippen molar-refractivity contribution in [1.29, 1.82) is 0 Å². The van der Waals surface area contributed by atoms with E-state index in [1.807, 2.05) is 23.2 Å². The molecule has 2 unspecified atom stereocenters. The quantitative estimate of drug-likeness (QED) is 0.759. The number of nitrogens with zero attached hydrogens (tertiary/aromatic N) is 2. The van der Waals surface area contributed by atoms with Crippen LogP contribution >= 0.6 is 15.9 Å². The van der Waals surface area contributed by atoms with E-state index in [2.05, 4.69) is 38.0 Å². The Morgan fingerprint density at radius 2 is 2.18 bits per heavy atom. The maximum atomic E-state index is 13.4. The molecule has 1 N–H and O–H groups in total. The predicted octanol–water partition coefficient (Wildman–Crippen LogP) is 3.60. The number of benzene rings is 1. The van der Waals surface area contributed by atoms with Gasteiger partial charge in [-0.05, 0) is 30.5 Å². The van der Waals surface area contributed by atoms with Gasteiger partial charge < -0.3 is 19.4 Å². The topological polar surface area (TPSA) is 67.5 Å². The van der Waals surface area contributed by atoms with E-state index >= 15 is 0 Å². The van der Waals surface area contributed by atoms with Crippen LogP contribution in [0.1, 0.15) is 31.0 Å². The van der Waals surface area contributed by atoms with Gasteiger partial charge in [0.25, 0.3) is 0 Å². The van der Waals surface area contributed by atoms with Gasteiger partial charge in [-0.15, -0.1) is 0 Å². The number of nitrogens with one attached hydrogen (secondary N) is 1. The molecule has 0 radical (unpaired) electrons. The summed E-state index contributed by atoms with van der Waals surface area (Å²) < 4.78 is 11.9. The molecule has 2 fully saturated rings. The molecule has 2 aliphatic rings. The molecule has 0 bridgehead atoms. The molecular formula is C21H26BrN3O3. The summed E-state index contributed by atoms with van der Waals surface area (Å²) in [5.41, 5.74) is 2.08. The van der Waals surface area contributed by atoms with Gasteiger partial charge >= 0.3 is 0 Å². The van der Waals surface area contributed by atoms with Crippen molar-refractivity contribution in [1.82, 2.24) is 14.9 Å². The number of carbonyl (C=O) groups is 1. The van der Waals surface area contributed by atoms with Crippen LogP contribution in [0.15, 0.2) is 34.9 Å². The summed E-state index contributed by atoms with van der Waals surface area (Å²) in [4.78, 5) is 23.4. The molecule has 3 atom stereocenters. The number of amides is 1. The molecule has 4 rings (SSSR count). The minimum atomic E-state index is -0.0265. The number of hydrogen-bond acceptors (Lipinski definition) is 4. The maximum Gasteiger partial charge on any atom is 0.226 e. The lowest BCUT2D eigenvalue weighted by atomic mass is 9.93. The SMILES string of the molecule is COC[C@@H]1COCCN1C(=O)C1CCCC1c1ncc(-c2ccc(Br)cc2)[nH]1. The van der Waals surface area contributed by atoms with Gasteiger partial charge in [0.15, 0.2) is 0 Å². The number of ether oxygens (including phenoxy) is 2. The number of halogens is 1. The first-order chi connectivity index (χ1) is 13.7. The summed E-state index contributed by atoms with van der Waals surface area (Å²) in [7, 11) is 1.67. The Hall–Kier alpha value is -1.70. The normalized spacial score (nSPS) is 25.2. The second kappa shape index (κ2) is 8.76. The highest BCUT2D eigenvalue weighted by Crippen LogP contribution is 2.40. The molecule has 6 nitrogen and oxygen atoms in total. The second-order valence-electron chi connectivity index (χ2n) is 7.55. The average molecular weight is 448 g/mol. The van der Waals surface area contributed by atoms with E-state index in [0.717, 1.165) is 40.8 Å². The van der Waals surface area contributed by atoms with Crippen LogP contribution < -0.4 is 0 Å². The second-order valence-corrected chi connectivity index (χ2v) is 8.46. The monoisotopic (exact) mass is 447 g/mol. The predicted molar refractivity (Wildman–Crippen MR) is 110 cm³/mol. The molecule has 1 aromatic carbocycles. The van der Waals surface area contributed by atoms with Crippen molar-refractivity contribution in [2.24, 2.45) is 5.92 Å². The first-order valence-corrected chi connectivity index (χ1v) is 10.6. The Labute approximate surface area is 173 Å². The Morgan fingerprint density at radius 1 is 1.36 bits per heavy atom. The molecule has 150 valence electrons. The van der Waals surface area contributed by atoms with Gasteiger partial charge in [-0.3, -0.25) is 4.79 Å². The highest BCUT2D eigenvalue weighted by atomic mass is 79.9. The molecule has 1 saturated carbocycles. The van der Waals surface area contributed by atoms with E-state index < -0.39 is 0 Å². The Morgan fingerprint density at radius 3 is 2.96 bits per heavy atom. The van der Waals surface area contributed by atoms with Gasteiger partial charge in [-0.25, -0.2) is 4.98 Å². The third-order valence-corrected chi connectivity index (χ3v) is 6.33. The van der Waals surface area contributed by atoms with Crippen LogP contribution in [0.3, 0.4) is 0 Å². The van der Waals surface area contributed by atoms with Crippen LogP contribution in [-0.2, 0) is 14.3 Å². The first-order valence-electron chi connectivity index (χ1n) is 9.85. The molecule has 7 heteroatoms. The summed E-state index contributed by atoms with van der Waals surface area (Å²) in [5.74, 6) is 1.25. The van der Waals surface area contributed by atoms with Crippen LogP contribution in [0, 0.1) is 5.92 Å². The van der Waals surface area contributed by atoms with E-state index in [4.69, 9.17) is 9.47 Å². The Bertz CT molecular complexity index is 805. The minimum absolute atomic E-state index is 0.00225. The minimum Gasteiger partial charge on any atom is -0.382 e. The fourth-order valence-corrected chi connectivity index (χ4v) is 4.64. The number of hydrogen-bond donors (Lipinski definition) is 1. The number of rotatable bonds is 5. The van der Waals surface area contributed by atoms with Crippen molar-refractivity contribution in [3.8, 4) is 11.3 Å². The van der Waals surface area contributed by atoms with E-state index in [0.29, 0.717) is 26.4 Å². The largest absolute Gasteiger partial charge is 0.382 e. The first kappa shape index (κ1) is 19.6. The van der Waals surface area contributed by atoms with Crippen LogP contribution in [0.2, 0.25) is 0 Å². The van der Waals surface area contributed by atoms with Crippen molar-refractivity contribution in [3.63, 3.8) is 0 Å². The van der Waals surface area contributed by atoms with Crippen LogP contribution in [0.4, 0.5) is 0 Å². The molecule has 1 saturated heterocycles. The zero-order valence-electron chi connectivity index (χ0n) is 16.1. The van der Waals surface area contributed by atoms with Gasteiger partial charge in [0.2, 0.25) is 5.91 Å². The highest BCUT2D eigenvalue weighted by molar-refractivity contribution is 9.10. The molecule has 1 aliphatic carbocycles. The number of aromatic amines is 1. The van der Waals surface area contributed by atoms with Gasteiger partial charge in [-0.1, -0.05) is 34.5 Å². The zero-order valence-corrected chi connectivity index (χ0v) is 17.7. The van der Waals surface area contributed by atoms with Gasteiger partial charge in [-0.2, -0.15) is 0 Å².